The van der Waals surface area contributed by atoms with E-state index >= 15 is 0 Å². The van der Waals surface area contributed by atoms with Crippen molar-refractivity contribution in [3.05, 3.63) is 0 Å². The Bertz CT molecular complexity index is 535. The monoisotopic (exact) mass is 464 g/mol. The number of aliphatic carboxylic acids is 3. The molecule has 0 radical (unpaired) electrons. The lowest BCUT2D eigenvalue weighted by Crippen LogP contribution is -2.43. The van der Waals surface area contributed by atoms with Crippen LogP contribution in [0.25, 0.3) is 0 Å². The normalized spacial score (nSPS) is 11.8. The van der Waals surface area contributed by atoms with Crippen LogP contribution in [0.4, 0.5) is 0 Å². The number of hydrogen-bond donors (Lipinski definition) is 7. The minimum atomic E-state index is -2.74. The lowest BCUT2D eigenvalue weighted by atomic mass is 9.96. The Morgan fingerprint density at radius 1 is 0.781 bits per heavy atom. The highest BCUT2D eigenvalue weighted by Crippen LogP contribution is 2.15. The molecule has 1 atom stereocenters. The van der Waals surface area contributed by atoms with Crippen molar-refractivity contribution in [2.24, 2.45) is 0 Å². The highest BCUT2D eigenvalue weighted by Gasteiger charge is 2.40. The summed E-state index contributed by atoms with van der Waals surface area (Å²) in [6, 6.07) is 0. The zero-order valence-electron chi connectivity index (χ0n) is 19.1. The first kappa shape index (κ1) is 31.9. The predicted octanol–water partition coefficient (Wildman–Crippen LogP) is 2.49. The Balaban J connectivity index is 0. The van der Waals surface area contributed by atoms with E-state index in [0.717, 1.165) is 12.8 Å². The SMILES string of the molecule is CCCCCCCCCCCC(=O)NC(CC)NO.O=C(O)CC(O)(CC(=O)O)C(=O)O. The summed E-state index contributed by atoms with van der Waals surface area (Å²) in [5.41, 5.74) is -0.653. The maximum Gasteiger partial charge on any atom is 0.336 e. The molecule has 0 fully saturated rings. The summed E-state index contributed by atoms with van der Waals surface area (Å²) < 4.78 is 0. The van der Waals surface area contributed by atoms with Gasteiger partial charge in [0.05, 0.1) is 12.8 Å². The third-order valence-electron chi connectivity index (χ3n) is 4.69. The van der Waals surface area contributed by atoms with Crippen LogP contribution in [0.5, 0.6) is 0 Å². The van der Waals surface area contributed by atoms with Gasteiger partial charge in [-0.3, -0.25) is 14.4 Å². The van der Waals surface area contributed by atoms with Gasteiger partial charge in [-0.2, -0.15) is 5.48 Å². The number of unbranched alkanes of at least 4 members (excludes halogenated alkanes) is 8. The molecule has 0 saturated carbocycles. The lowest BCUT2D eigenvalue weighted by molar-refractivity contribution is -0.170. The number of carbonyl (C=O) groups excluding carboxylic acids is 1. The molecule has 32 heavy (non-hydrogen) atoms. The van der Waals surface area contributed by atoms with Gasteiger partial charge in [0.25, 0.3) is 0 Å². The molecule has 0 aliphatic carbocycles. The fourth-order valence-electron chi connectivity index (χ4n) is 2.80. The summed E-state index contributed by atoms with van der Waals surface area (Å²) in [5.74, 6) is -4.99. The Kier molecular flexibility index (Phi) is 19.4. The first-order chi connectivity index (χ1) is 15.0. The van der Waals surface area contributed by atoms with Crippen molar-refractivity contribution in [1.82, 2.24) is 10.8 Å². The molecule has 0 heterocycles. The summed E-state index contributed by atoms with van der Waals surface area (Å²) in [6.45, 7) is 4.15. The van der Waals surface area contributed by atoms with Gasteiger partial charge in [0, 0.05) is 6.42 Å². The van der Waals surface area contributed by atoms with Gasteiger partial charge in [0.2, 0.25) is 5.91 Å². The van der Waals surface area contributed by atoms with Crippen LogP contribution in [0.15, 0.2) is 0 Å². The maximum absolute atomic E-state index is 11.5. The van der Waals surface area contributed by atoms with Crippen molar-refractivity contribution in [2.45, 2.75) is 109 Å². The number of amides is 1. The molecule has 0 saturated heterocycles. The zero-order valence-corrected chi connectivity index (χ0v) is 19.1. The third kappa shape index (κ3) is 18.5. The molecular formula is C21H40N2O9. The number of carbonyl (C=O) groups is 4. The molecule has 0 aliphatic rings. The van der Waals surface area contributed by atoms with Gasteiger partial charge >= 0.3 is 17.9 Å². The third-order valence-corrected chi connectivity index (χ3v) is 4.69. The van der Waals surface area contributed by atoms with Crippen LogP contribution >= 0.6 is 0 Å². The van der Waals surface area contributed by atoms with E-state index in [9.17, 15) is 19.2 Å². The molecule has 0 spiro atoms. The summed E-state index contributed by atoms with van der Waals surface area (Å²) in [6.07, 6.45) is 9.96. The van der Waals surface area contributed by atoms with E-state index in [0.29, 0.717) is 12.8 Å². The van der Waals surface area contributed by atoms with Crippen molar-refractivity contribution >= 4 is 23.8 Å². The minimum Gasteiger partial charge on any atom is -0.481 e. The van der Waals surface area contributed by atoms with Crippen LogP contribution in [-0.4, -0.2) is 61.2 Å². The largest absolute Gasteiger partial charge is 0.481 e. The lowest BCUT2D eigenvalue weighted by Gasteiger charge is -2.18. The summed E-state index contributed by atoms with van der Waals surface area (Å²) in [7, 11) is 0. The number of carboxylic acids is 3. The molecule has 0 bridgehead atoms. The van der Waals surface area contributed by atoms with Crippen LogP contribution in [-0.2, 0) is 19.2 Å². The van der Waals surface area contributed by atoms with E-state index < -0.39 is 36.4 Å². The van der Waals surface area contributed by atoms with Crippen LogP contribution in [0.3, 0.4) is 0 Å². The van der Waals surface area contributed by atoms with E-state index in [1.807, 2.05) is 6.92 Å². The Labute approximate surface area is 189 Å². The maximum atomic E-state index is 11.5. The molecule has 0 aromatic heterocycles. The number of carboxylic acid groups (broad SMARTS) is 3. The van der Waals surface area contributed by atoms with Crippen LogP contribution in [0, 0.1) is 0 Å². The second-order valence-electron chi connectivity index (χ2n) is 7.71. The van der Waals surface area contributed by atoms with Crippen molar-refractivity contribution in [3.8, 4) is 0 Å². The molecular weight excluding hydrogens is 424 g/mol. The molecule has 0 aromatic rings. The number of hydroxylamine groups is 1. The number of nitrogens with one attached hydrogen (secondary N) is 2. The van der Waals surface area contributed by atoms with Gasteiger partial charge in [-0.25, -0.2) is 4.79 Å². The van der Waals surface area contributed by atoms with Crippen molar-refractivity contribution in [2.75, 3.05) is 0 Å². The summed E-state index contributed by atoms with van der Waals surface area (Å²) in [4.78, 5) is 42.0. The smallest absolute Gasteiger partial charge is 0.336 e. The van der Waals surface area contributed by atoms with Gasteiger partial charge in [-0.05, 0) is 12.8 Å². The van der Waals surface area contributed by atoms with E-state index in [2.05, 4.69) is 17.7 Å². The molecule has 11 heteroatoms. The molecule has 0 aliphatic heterocycles. The Morgan fingerprint density at radius 3 is 1.56 bits per heavy atom. The minimum absolute atomic E-state index is 0.0244. The molecule has 0 aromatic carbocycles. The second kappa shape index (κ2) is 19.4. The highest BCUT2D eigenvalue weighted by molar-refractivity contribution is 5.88. The Morgan fingerprint density at radius 2 is 1.22 bits per heavy atom. The van der Waals surface area contributed by atoms with E-state index in [1.165, 1.54) is 44.9 Å². The average Bonchev–Trinajstić information content (AvgIpc) is 2.70. The summed E-state index contributed by atoms with van der Waals surface area (Å²) in [5, 5.41) is 45.3. The van der Waals surface area contributed by atoms with Gasteiger partial charge in [0.15, 0.2) is 5.60 Å². The first-order valence-corrected chi connectivity index (χ1v) is 11.1. The number of hydrogen-bond acceptors (Lipinski definition) is 7. The number of aliphatic hydroxyl groups is 1. The molecule has 1 unspecified atom stereocenters. The average molecular weight is 465 g/mol. The van der Waals surface area contributed by atoms with Crippen LogP contribution in [0.1, 0.15) is 97.3 Å². The molecule has 11 nitrogen and oxygen atoms in total. The molecule has 188 valence electrons. The van der Waals surface area contributed by atoms with Crippen molar-refractivity contribution in [3.63, 3.8) is 0 Å². The zero-order chi connectivity index (χ0) is 25.0. The van der Waals surface area contributed by atoms with Crippen molar-refractivity contribution in [1.29, 1.82) is 0 Å². The Hall–Kier alpha value is -2.24. The fourth-order valence-corrected chi connectivity index (χ4v) is 2.80. The standard InChI is InChI=1S/C15H32N2O2.C6H8O7/c1-3-5-6-7-8-9-10-11-12-13-15(18)16-14(4-2)17-19;7-3(8)1-6(13,5(11)12)2-4(9)10/h14,17,19H,3-13H2,1-2H3,(H,16,18);13H,1-2H2,(H,7,8)(H,9,10)(H,11,12). The highest BCUT2D eigenvalue weighted by atomic mass is 16.5. The van der Waals surface area contributed by atoms with Gasteiger partial charge in [-0.15, -0.1) is 0 Å². The first-order valence-electron chi connectivity index (χ1n) is 11.1. The topological polar surface area (TPSA) is 193 Å². The van der Waals surface area contributed by atoms with Gasteiger partial charge < -0.3 is 31.0 Å². The van der Waals surface area contributed by atoms with Crippen LogP contribution in [0.2, 0.25) is 0 Å². The number of rotatable bonds is 18. The molecule has 1 amide bonds. The molecule has 7 N–H and O–H groups in total. The van der Waals surface area contributed by atoms with E-state index in [1.54, 1.807) is 0 Å². The quantitative estimate of drug-likeness (QED) is 0.0899. The van der Waals surface area contributed by atoms with Gasteiger partial charge in [0.1, 0.15) is 6.17 Å². The fraction of sp³-hybridized carbons (Fsp3) is 0.810. The molecule has 0 rings (SSSR count). The van der Waals surface area contributed by atoms with Crippen LogP contribution < -0.4 is 10.8 Å². The van der Waals surface area contributed by atoms with Gasteiger partial charge in [-0.1, -0.05) is 65.2 Å². The van der Waals surface area contributed by atoms with E-state index in [4.69, 9.17) is 25.6 Å². The predicted molar refractivity (Wildman–Crippen MR) is 116 cm³/mol. The summed E-state index contributed by atoms with van der Waals surface area (Å²) >= 11 is 0. The van der Waals surface area contributed by atoms with E-state index in [-0.39, 0.29) is 12.1 Å². The van der Waals surface area contributed by atoms with Crippen molar-refractivity contribution < 1.29 is 44.8 Å². The second-order valence-corrected chi connectivity index (χ2v) is 7.71.